The summed E-state index contributed by atoms with van der Waals surface area (Å²) in [6.45, 7) is 11.8. The minimum absolute atomic E-state index is 0.138. The summed E-state index contributed by atoms with van der Waals surface area (Å²) >= 11 is 12.4. The van der Waals surface area contributed by atoms with Gasteiger partial charge in [0.15, 0.2) is 0 Å². The van der Waals surface area contributed by atoms with Gasteiger partial charge in [-0.15, -0.1) is 0 Å². The quantitative estimate of drug-likeness (QED) is 0.635. The third-order valence-electron chi connectivity index (χ3n) is 4.95. The van der Waals surface area contributed by atoms with E-state index < -0.39 is 11.6 Å². The molecule has 0 unspecified atom stereocenters. The lowest BCUT2D eigenvalue weighted by atomic mass is 10.0. The van der Waals surface area contributed by atoms with Gasteiger partial charge < -0.3 is 10.2 Å². The van der Waals surface area contributed by atoms with Crippen LogP contribution >= 0.6 is 23.2 Å². The predicted molar refractivity (Wildman–Crippen MR) is 124 cm³/mol. The molecule has 2 amide bonds. The fourth-order valence-electron chi connectivity index (χ4n) is 3.08. The number of amides is 2. The number of carbonyl (C=O) groups is 2. The third kappa shape index (κ3) is 6.75. The van der Waals surface area contributed by atoms with Gasteiger partial charge in [-0.2, -0.15) is 0 Å². The highest BCUT2D eigenvalue weighted by Crippen LogP contribution is 2.24. The van der Waals surface area contributed by atoms with Crippen molar-refractivity contribution in [1.82, 2.24) is 10.2 Å². The number of benzene rings is 2. The van der Waals surface area contributed by atoms with Crippen LogP contribution in [0.1, 0.15) is 49.9 Å². The van der Waals surface area contributed by atoms with Gasteiger partial charge in [0.25, 0.3) is 0 Å². The lowest BCUT2D eigenvalue weighted by Gasteiger charge is -2.32. The molecule has 0 aliphatic heterocycles. The number of halogens is 2. The molecule has 0 aromatic heterocycles. The molecule has 0 saturated heterocycles. The summed E-state index contributed by atoms with van der Waals surface area (Å²) in [7, 11) is 0. The van der Waals surface area contributed by atoms with Crippen LogP contribution in [0.25, 0.3) is 0 Å². The first-order valence-corrected chi connectivity index (χ1v) is 10.7. The first-order chi connectivity index (χ1) is 13.9. The van der Waals surface area contributed by atoms with E-state index in [2.05, 4.69) is 5.32 Å². The van der Waals surface area contributed by atoms with Crippen LogP contribution in [0.2, 0.25) is 10.0 Å². The van der Waals surface area contributed by atoms with Crippen LogP contribution in [0.3, 0.4) is 0 Å². The average Bonchev–Trinajstić information content (AvgIpc) is 2.62. The van der Waals surface area contributed by atoms with E-state index in [0.717, 1.165) is 16.7 Å². The van der Waals surface area contributed by atoms with Crippen molar-refractivity contribution < 1.29 is 9.59 Å². The topological polar surface area (TPSA) is 49.4 Å². The van der Waals surface area contributed by atoms with Gasteiger partial charge in [-0.25, -0.2) is 0 Å². The molecule has 0 radical (unpaired) electrons. The van der Waals surface area contributed by atoms with Gasteiger partial charge in [-0.1, -0.05) is 47.5 Å². The van der Waals surface area contributed by atoms with Gasteiger partial charge in [0.2, 0.25) is 11.8 Å². The Morgan fingerprint density at radius 1 is 1.03 bits per heavy atom. The SMILES string of the molecule is Cc1ccc(CC(=O)N(Cc2ccc(Cl)cc2Cl)[C@H](C)C(=O)NC(C)(C)C)cc1C. The average molecular weight is 449 g/mol. The van der Waals surface area contributed by atoms with Crippen molar-refractivity contribution in [3.63, 3.8) is 0 Å². The van der Waals surface area contributed by atoms with Crippen molar-refractivity contribution in [3.8, 4) is 0 Å². The number of rotatable bonds is 6. The molecule has 0 fully saturated rings. The zero-order valence-electron chi connectivity index (χ0n) is 18.5. The van der Waals surface area contributed by atoms with Gasteiger partial charge in [-0.3, -0.25) is 9.59 Å². The van der Waals surface area contributed by atoms with E-state index in [4.69, 9.17) is 23.2 Å². The number of hydrogen-bond acceptors (Lipinski definition) is 2. The fraction of sp³-hybridized carbons (Fsp3) is 0.417. The van der Waals surface area contributed by atoms with Gasteiger partial charge in [-0.05, 0) is 75.9 Å². The first kappa shape index (κ1) is 24.2. The van der Waals surface area contributed by atoms with E-state index in [1.165, 1.54) is 5.56 Å². The molecule has 2 aromatic rings. The molecule has 0 aliphatic carbocycles. The number of nitrogens with one attached hydrogen (secondary N) is 1. The molecule has 0 heterocycles. The second kappa shape index (κ2) is 9.84. The standard InChI is InChI=1S/C24H30Cl2N2O2/c1-15-7-8-18(11-16(15)2)12-22(29)28(17(3)23(30)27-24(4,5)6)14-19-9-10-20(25)13-21(19)26/h7-11,13,17H,12,14H2,1-6H3,(H,27,30)/t17-/m1/s1. The van der Waals surface area contributed by atoms with Crippen molar-refractivity contribution in [2.24, 2.45) is 0 Å². The summed E-state index contributed by atoms with van der Waals surface area (Å²) in [4.78, 5) is 27.7. The highest BCUT2D eigenvalue weighted by atomic mass is 35.5. The van der Waals surface area contributed by atoms with Crippen LogP contribution in [-0.2, 0) is 22.6 Å². The molecule has 2 rings (SSSR count). The van der Waals surface area contributed by atoms with Gasteiger partial charge in [0, 0.05) is 22.1 Å². The van der Waals surface area contributed by atoms with Crippen LogP contribution in [-0.4, -0.2) is 28.3 Å². The zero-order chi connectivity index (χ0) is 22.6. The lowest BCUT2D eigenvalue weighted by Crippen LogP contribution is -2.52. The van der Waals surface area contributed by atoms with Crippen molar-refractivity contribution in [3.05, 3.63) is 68.7 Å². The van der Waals surface area contributed by atoms with E-state index in [1.807, 2.05) is 52.8 Å². The summed E-state index contributed by atoms with van der Waals surface area (Å²) in [5.74, 6) is -0.346. The number of carbonyl (C=O) groups excluding carboxylic acids is 2. The Morgan fingerprint density at radius 2 is 1.70 bits per heavy atom. The lowest BCUT2D eigenvalue weighted by molar-refractivity contribution is -0.140. The molecule has 1 atom stereocenters. The molecule has 6 heteroatoms. The Morgan fingerprint density at radius 3 is 2.27 bits per heavy atom. The summed E-state index contributed by atoms with van der Waals surface area (Å²) in [5, 5.41) is 3.95. The molecule has 2 aromatic carbocycles. The minimum Gasteiger partial charge on any atom is -0.350 e. The highest BCUT2D eigenvalue weighted by molar-refractivity contribution is 6.35. The molecule has 30 heavy (non-hydrogen) atoms. The summed E-state index contributed by atoms with van der Waals surface area (Å²) < 4.78 is 0. The Balaban J connectivity index is 2.32. The molecule has 4 nitrogen and oxygen atoms in total. The van der Waals surface area contributed by atoms with Crippen molar-refractivity contribution >= 4 is 35.0 Å². The van der Waals surface area contributed by atoms with Crippen LogP contribution in [0.15, 0.2) is 36.4 Å². The van der Waals surface area contributed by atoms with Crippen molar-refractivity contribution in [2.75, 3.05) is 0 Å². The van der Waals surface area contributed by atoms with Crippen molar-refractivity contribution in [2.45, 2.75) is 66.1 Å². The minimum atomic E-state index is -0.657. The smallest absolute Gasteiger partial charge is 0.242 e. The monoisotopic (exact) mass is 448 g/mol. The van der Waals surface area contributed by atoms with E-state index in [0.29, 0.717) is 10.0 Å². The van der Waals surface area contributed by atoms with Crippen LogP contribution in [0, 0.1) is 13.8 Å². The Labute approximate surface area is 189 Å². The van der Waals surface area contributed by atoms with E-state index in [9.17, 15) is 9.59 Å². The zero-order valence-corrected chi connectivity index (χ0v) is 20.0. The van der Waals surface area contributed by atoms with Gasteiger partial charge in [0.05, 0.1) is 6.42 Å². The molecule has 0 aliphatic rings. The van der Waals surface area contributed by atoms with Gasteiger partial charge >= 0.3 is 0 Å². The molecular weight excluding hydrogens is 419 g/mol. The predicted octanol–water partition coefficient (Wildman–Crippen LogP) is 5.48. The number of nitrogens with zero attached hydrogens (tertiary/aromatic N) is 1. The molecule has 1 N–H and O–H groups in total. The molecule has 0 saturated carbocycles. The van der Waals surface area contributed by atoms with Crippen LogP contribution in [0.5, 0.6) is 0 Å². The largest absolute Gasteiger partial charge is 0.350 e. The fourth-order valence-corrected chi connectivity index (χ4v) is 3.55. The van der Waals surface area contributed by atoms with E-state index >= 15 is 0 Å². The van der Waals surface area contributed by atoms with Gasteiger partial charge in [0.1, 0.15) is 6.04 Å². The Bertz CT molecular complexity index is 935. The third-order valence-corrected chi connectivity index (χ3v) is 5.53. The number of aryl methyl sites for hydroxylation is 2. The maximum Gasteiger partial charge on any atom is 0.242 e. The summed E-state index contributed by atoms with van der Waals surface area (Å²) in [5.41, 5.74) is 3.56. The van der Waals surface area contributed by atoms with Crippen molar-refractivity contribution in [1.29, 1.82) is 0 Å². The summed E-state index contributed by atoms with van der Waals surface area (Å²) in [6, 6.07) is 10.5. The maximum atomic E-state index is 13.3. The molecule has 0 bridgehead atoms. The molecule has 162 valence electrons. The highest BCUT2D eigenvalue weighted by Gasteiger charge is 2.29. The first-order valence-electron chi connectivity index (χ1n) is 9.99. The normalized spacial score (nSPS) is 12.4. The Kier molecular flexibility index (Phi) is 7.95. The van der Waals surface area contributed by atoms with E-state index in [1.54, 1.807) is 30.0 Å². The second-order valence-electron chi connectivity index (χ2n) is 8.77. The summed E-state index contributed by atoms with van der Waals surface area (Å²) in [6.07, 6.45) is 0.208. The van der Waals surface area contributed by atoms with E-state index in [-0.39, 0.29) is 24.8 Å². The Hall–Kier alpha value is -2.04. The van der Waals surface area contributed by atoms with Crippen LogP contribution < -0.4 is 5.32 Å². The second-order valence-corrected chi connectivity index (χ2v) is 9.61. The molecule has 0 spiro atoms. The molecular formula is C24H30Cl2N2O2. The maximum absolute atomic E-state index is 13.3. The van der Waals surface area contributed by atoms with Crippen LogP contribution in [0.4, 0.5) is 0 Å². The number of hydrogen-bond donors (Lipinski definition) is 1.